The van der Waals surface area contributed by atoms with E-state index in [1.54, 1.807) is 13.8 Å². The molecule has 0 fully saturated rings. The van der Waals surface area contributed by atoms with Crippen LogP contribution < -0.4 is 10.2 Å². The molecule has 0 unspecified atom stereocenters. The first kappa shape index (κ1) is 12.3. The van der Waals surface area contributed by atoms with Crippen molar-refractivity contribution in [3.05, 3.63) is 23.0 Å². The lowest BCUT2D eigenvalue weighted by atomic mass is 9.79. The smallest absolute Gasteiger partial charge is 0.491 e. The fourth-order valence-electron chi connectivity index (χ4n) is 1.10. The molecule has 0 atom stereocenters. The van der Waals surface area contributed by atoms with Crippen LogP contribution >= 0.6 is 11.6 Å². The van der Waals surface area contributed by atoms with Crippen molar-refractivity contribution in [1.29, 1.82) is 0 Å². The van der Waals surface area contributed by atoms with Crippen molar-refractivity contribution < 1.29 is 19.2 Å². The molecule has 0 aliphatic rings. The van der Waals surface area contributed by atoms with Gasteiger partial charge in [0.1, 0.15) is 11.6 Å². The number of hydrogen-bond acceptors (Lipinski definition) is 3. The van der Waals surface area contributed by atoms with Crippen molar-refractivity contribution in [2.75, 3.05) is 0 Å². The number of ether oxygens (including phenoxy) is 1. The van der Waals surface area contributed by atoms with Crippen LogP contribution in [0.2, 0.25) is 5.02 Å². The van der Waals surface area contributed by atoms with Crippen LogP contribution in [0.25, 0.3) is 0 Å². The van der Waals surface area contributed by atoms with E-state index in [1.165, 1.54) is 6.07 Å². The molecule has 0 saturated heterocycles. The zero-order valence-corrected chi connectivity index (χ0v) is 9.12. The zero-order chi connectivity index (χ0) is 11.6. The van der Waals surface area contributed by atoms with Crippen LogP contribution in [0, 0.1) is 5.82 Å². The SMILES string of the molecule is CC(C)Oc1cc(Cl)c(F)cc1B(O)O. The molecule has 6 heteroatoms. The minimum atomic E-state index is -1.79. The van der Waals surface area contributed by atoms with E-state index >= 15 is 0 Å². The van der Waals surface area contributed by atoms with Gasteiger partial charge in [-0.1, -0.05) is 11.6 Å². The Balaban J connectivity index is 3.16. The molecular weight excluding hydrogens is 221 g/mol. The number of halogens is 2. The Bertz CT molecular complexity index is 357. The fourth-order valence-corrected chi connectivity index (χ4v) is 1.26. The molecule has 15 heavy (non-hydrogen) atoms. The van der Waals surface area contributed by atoms with Crippen LogP contribution in [0.5, 0.6) is 5.75 Å². The minimum absolute atomic E-state index is 0.0365. The van der Waals surface area contributed by atoms with Gasteiger partial charge < -0.3 is 14.8 Å². The Hall–Kier alpha value is -0.775. The molecule has 3 nitrogen and oxygen atoms in total. The Morgan fingerprint density at radius 1 is 1.40 bits per heavy atom. The second kappa shape index (κ2) is 4.83. The lowest BCUT2D eigenvalue weighted by Gasteiger charge is -2.14. The fraction of sp³-hybridized carbons (Fsp3) is 0.333. The standard InChI is InChI=1S/C9H11BClFO3/c1-5(2)15-9-4-7(11)8(12)3-6(9)10(13)14/h3-5,13-14H,1-2H3. The van der Waals surface area contributed by atoms with Crippen LogP contribution in [0.3, 0.4) is 0 Å². The third-order valence-electron chi connectivity index (χ3n) is 1.69. The van der Waals surface area contributed by atoms with Crippen molar-refractivity contribution in [1.82, 2.24) is 0 Å². The molecule has 82 valence electrons. The Labute approximate surface area is 92.6 Å². The van der Waals surface area contributed by atoms with E-state index in [-0.39, 0.29) is 22.3 Å². The van der Waals surface area contributed by atoms with E-state index in [0.29, 0.717) is 0 Å². The molecule has 2 N–H and O–H groups in total. The van der Waals surface area contributed by atoms with Gasteiger partial charge in [0.25, 0.3) is 0 Å². The summed E-state index contributed by atoms with van der Waals surface area (Å²) in [5.41, 5.74) is -0.0365. The first-order chi connectivity index (χ1) is 6.91. The van der Waals surface area contributed by atoms with Gasteiger partial charge in [-0.2, -0.15) is 0 Å². The summed E-state index contributed by atoms with van der Waals surface area (Å²) in [7, 11) is -1.79. The highest BCUT2D eigenvalue weighted by atomic mass is 35.5. The third-order valence-corrected chi connectivity index (χ3v) is 1.98. The van der Waals surface area contributed by atoms with Gasteiger partial charge in [0, 0.05) is 11.5 Å². The van der Waals surface area contributed by atoms with E-state index in [2.05, 4.69) is 0 Å². The molecule has 0 spiro atoms. The molecule has 1 aromatic carbocycles. The van der Waals surface area contributed by atoms with Gasteiger partial charge in [0.15, 0.2) is 0 Å². The van der Waals surface area contributed by atoms with Crippen LogP contribution in [0.4, 0.5) is 4.39 Å². The number of hydrogen-bond donors (Lipinski definition) is 2. The van der Waals surface area contributed by atoms with E-state index in [4.69, 9.17) is 26.4 Å². The van der Waals surface area contributed by atoms with E-state index in [0.717, 1.165) is 6.07 Å². The highest BCUT2D eigenvalue weighted by molar-refractivity contribution is 6.59. The molecule has 0 aromatic heterocycles. The summed E-state index contributed by atoms with van der Waals surface area (Å²) in [4.78, 5) is 0. The quantitative estimate of drug-likeness (QED) is 0.763. The normalized spacial score (nSPS) is 10.6. The van der Waals surface area contributed by atoms with Crippen LogP contribution in [-0.4, -0.2) is 23.3 Å². The molecule has 0 amide bonds. The lowest BCUT2D eigenvalue weighted by molar-refractivity contribution is 0.243. The number of rotatable bonds is 3. The average Bonchev–Trinajstić information content (AvgIpc) is 2.09. The molecule has 1 aromatic rings. The van der Waals surface area contributed by atoms with Crippen molar-refractivity contribution in [2.24, 2.45) is 0 Å². The van der Waals surface area contributed by atoms with Crippen molar-refractivity contribution in [3.63, 3.8) is 0 Å². The second-order valence-electron chi connectivity index (χ2n) is 3.34. The number of benzene rings is 1. The van der Waals surface area contributed by atoms with Gasteiger partial charge in [-0.3, -0.25) is 0 Å². The molecule has 0 saturated carbocycles. The summed E-state index contributed by atoms with van der Waals surface area (Å²) in [5.74, 6) is -0.540. The molecule has 0 bridgehead atoms. The van der Waals surface area contributed by atoms with Crippen LogP contribution in [0.1, 0.15) is 13.8 Å². The van der Waals surface area contributed by atoms with Crippen molar-refractivity contribution >= 4 is 24.2 Å². The third kappa shape index (κ3) is 3.09. The lowest BCUT2D eigenvalue weighted by Crippen LogP contribution is -2.32. The monoisotopic (exact) mass is 232 g/mol. The topological polar surface area (TPSA) is 49.7 Å². The average molecular weight is 232 g/mol. The van der Waals surface area contributed by atoms with Crippen LogP contribution in [-0.2, 0) is 0 Å². The first-order valence-corrected chi connectivity index (χ1v) is 4.81. The highest BCUT2D eigenvalue weighted by Crippen LogP contribution is 2.20. The minimum Gasteiger partial charge on any atom is -0.491 e. The molecule has 0 aliphatic heterocycles. The molecule has 0 heterocycles. The Morgan fingerprint density at radius 2 is 2.00 bits per heavy atom. The maximum absolute atomic E-state index is 13.0. The summed E-state index contributed by atoms with van der Waals surface area (Å²) in [6.07, 6.45) is -0.163. The van der Waals surface area contributed by atoms with Crippen molar-refractivity contribution in [2.45, 2.75) is 20.0 Å². The Kier molecular flexibility index (Phi) is 3.96. The molecule has 0 aliphatic carbocycles. The van der Waals surface area contributed by atoms with E-state index < -0.39 is 12.9 Å². The maximum atomic E-state index is 13.0. The summed E-state index contributed by atoms with van der Waals surface area (Å²) >= 11 is 5.56. The maximum Gasteiger partial charge on any atom is 0.492 e. The van der Waals surface area contributed by atoms with Gasteiger partial charge in [0.05, 0.1) is 11.1 Å². The van der Waals surface area contributed by atoms with Crippen LogP contribution in [0.15, 0.2) is 12.1 Å². The van der Waals surface area contributed by atoms with Gasteiger partial charge in [-0.25, -0.2) is 4.39 Å². The van der Waals surface area contributed by atoms with E-state index in [9.17, 15) is 4.39 Å². The Morgan fingerprint density at radius 3 is 2.47 bits per heavy atom. The second-order valence-corrected chi connectivity index (χ2v) is 3.75. The largest absolute Gasteiger partial charge is 0.492 e. The summed E-state index contributed by atoms with van der Waals surface area (Å²) < 4.78 is 18.3. The molecular formula is C9H11BClFO3. The zero-order valence-electron chi connectivity index (χ0n) is 8.37. The molecule has 0 radical (unpaired) electrons. The summed E-state index contributed by atoms with van der Waals surface area (Å²) in [6.45, 7) is 3.54. The highest BCUT2D eigenvalue weighted by Gasteiger charge is 2.20. The predicted octanol–water partition coefficient (Wildman–Crippen LogP) is 0.946. The van der Waals surface area contributed by atoms with Gasteiger partial charge in [0.2, 0.25) is 0 Å². The van der Waals surface area contributed by atoms with E-state index in [1.807, 2.05) is 0 Å². The van der Waals surface area contributed by atoms with Gasteiger partial charge >= 0.3 is 7.12 Å². The van der Waals surface area contributed by atoms with Crippen molar-refractivity contribution in [3.8, 4) is 5.75 Å². The molecule has 1 rings (SSSR count). The van der Waals surface area contributed by atoms with Gasteiger partial charge in [-0.05, 0) is 19.9 Å². The van der Waals surface area contributed by atoms with Gasteiger partial charge in [-0.15, -0.1) is 0 Å². The summed E-state index contributed by atoms with van der Waals surface area (Å²) in [6, 6.07) is 2.18. The predicted molar refractivity (Wildman–Crippen MR) is 57.0 cm³/mol. The first-order valence-electron chi connectivity index (χ1n) is 4.43. The summed E-state index contributed by atoms with van der Waals surface area (Å²) in [5, 5.41) is 17.9.